The number of anilines is 1. The van der Waals surface area contributed by atoms with Crippen molar-refractivity contribution < 1.29 is 22.7 Å². The van der Waals surface area contributed by atoms with E-state index in [2.05, 4.69) is 10.3 Å². The van der Waals surface area contributed by atoms with Gasteiger partial charge in [0.05, 0.1) is 11.3 Å². The summed E-state index contributed by atoms with van der Waals surface area (Å²) in [7, 11) is 0. The molecular formula is C21H19F3N2O2. The topological polar surface area (TPSA) is 54.1 Å². The van der Waals surface area contributed by atoms with Gasteiger partial charge < -0.3 is 15.0 Å². The Bertz CT molecular complexity index is 1040. The number of hydrogen-bond acceptors (Lipinski definition) is 2. The number of nitrogens with one attached hydrogen (secondary N) is 2. The zero-order valence-electron chi connectivity index (χ0n) is 15.2. The lowest BCUT2D eigenvalue weighted by Crippen LogP contribution is -2.25. The molecular weight excluding hydrogens is 369 g/mol. The Balaban J connectivity index is 1.52. The number of alkyl halides is 3. The summed E-state index contributed by atoms with van der Waals surface area (Å²) in [6.45, 7) is 1.45. The van der Waals surface area contributed by atoms with Crippen LogP contribution in [-0.2, 0) is 23.8 Å². The first-order chi connectivity index (χ1) is 13.3. The largest absolute Gasteiger partial charge is 0.490 e. The van der Waals surface area contributed by atoms with Crippen LogP contribution in [-0.4, -0.2) is 17.0 Å². The SMILES string of the molecule is CC(=O)Nc1c[nH]c2ccc(OC3CCc4cc(C(F)(F)F)ccc4C3)cc12. The molecule has 146 valence electrons. The zero-order chi connectivity index (χ0) is 19.9. The van der Waals surface area contributed by atoms with Gasteiger partial charge in [-0.05, 0) is 54.3 Å². The van der Waals surface area contributed by atoms with E-state index in [0.29, 0.717) is 30.7 Å². The van der Waals surface area contributed by atoms with E-state index in [9.17, 15) is 18.0 Å². The van der Waals surface area contributed by atoms with Crippen LogP contribution in [0.4, 0.5) is 18.9 Å². The number of benzene rings is 2. The van der Waals surface area contributed by atoms with E-state index >= 15 is 0 Å². The Morgan fingerprint density at radius 2 is 2.00 bits per heavy atom. The Kier molecular flexibility index (Phi) is 4.53. The van der Waals surface area contributed by atoms with Crippen molar-refractivity contribution in [2.24, 2.45) is 0 Å². The van der Waals surface area contributed by atoms with Crippen LogP contribution in [0.25, 0.3) is 10.9 Å². The van der Waals surface area contributed by atoms with Crippen LogP contribution in [0.3, 0.4) is 0 Å². The molecule has 0 saturated heterocycles. The number of carbonyl (C=O) groups excluding carboxylic acids is 1. The monoisotopic (exact) mass is 388 g/mol. The van der Waals surface area contributed by atoms with Crippen molar-refractivity contribution in [3.05, 3.63) is 59.3 Å². The molecule has 1 aliphatic rings. The van der Waals surface area contributed by atoms with Gasteiger partial charge in [0, 0.05) is 30.4 Å². The molecule has 4 nitrogen and oxygen atoms in total. The van der Waals surface area contributed by atoms with Crippen LogP contribution < -0.4 is 10.1 Å². The van der Waals surface area contributed by atoms with Gasteiger partial charge in [0.2, 0.25) is 5.91 Å². The van der Waals surface area contributed by atoms with Gasteiger partial charge in [-0.1, -0.05) is 6.07 Å². The zero-order valence-corrected chi connectivity index (χ0v) is 15.2. The molecule has 1 heterocycles. The number of fused-ring (bicyclic) bond motifs is 2. The summed E-state index contributed by atoms with van der Waals surface area (Å²) in [6.07, 6.45) is -0.932. The highest BCUT2D eigenvalue weighted by atomic mass is 19.4. The van der Waals surface area contributed by atoms with E-state index < -0.39 is 11.7 Å². The van der Waals surface area contributed by atoms with Crippen molar-refractivity contribution in [1.82, 2.24) is 4.98 Å². The van der Waals surface area contributed by atoms with Crippen LogP contribution in [0.15, 0.2) is 42.6 Å². The van der Waals surface area contributed by atoms with Gasteiger partial charge in [0.25, 0.3) is 0 Å². The first-order valence-electron chi connectivity index (χ1n) is 9.04. The maximum absolute atomic E-state index is 12.9. The highest BCUT2D eigenvalue weighted by Gasteiger charge is 2.32. The fourth-order valence-electron chi connectivity index (χ4n) is 3.66. The third-order valence-electron chi connectivity index (χ3n) is 4.98. The summed E-state index contributed by atoms with van der Waals surface area (Å²) in [5, 5.41) is 3.62. The maximum Gasteiger partial charge on any atom is 0.416 e. The summed E-state index contributed by atoms with van der Waals surface area (Å²) in [5.74, 6) is 0.508. The van der Waals surface area contributed by atoms with Gasteiger partial charge in [0.1, 0.15) is 11.9 Å². The van der Waals surface area contributed by atoms with E-state index in [4.69, 9.17) is 4.74 Å². The summed E-state index contributed by atoms with van der Waals surface area (Å²) in [5.41, 5.74) is 2.59. The van der Waals surface area contributed by atoms with Gasteiger partial charge in [-0.2, -0.15) is 13.2 Å². The fraction of sp³-hybridized carbons (Fsp3) is 0.286. The van der Waals surface area contributed by atoms with Crippen LogP contribution in [0.1, 0.15) is 30.0 Å². The molecule has 1 aliphatic carbocycles. The number of carbonyl (C=O) groups is 1. The van der Waals surface area contributed by atoms with Gasteiger partial charge in [-0.15, -0.1) is 0 Å². The van der Waals surface area contributed by atoms with E-state index in [1.54, 1.807) is 12.3 Å². The Morgan fingerprint density at radius 1 is 1.18 bits per heavy atom. The predicted octanol–water partition coefficient (Wildman–Crippen LogP) is 5.08. The molecule has 0 saturated carbocycles. The van der Waals surface area contributed by atoms with Crippen LogP contribution in [0.5, 0.6) is 5.75 Å². The molecule has 1 aromatic heterocycles. The number of amides is 1. The van der Waals surface area contributed by atoms with Gasteiger partial charge in [-0.25, -0.2) is 0 Å². The number of hydrogen-bond donors (Lipinski definition) is 2. The second kappa shape index (κ2) is 6.89. The highest BCUT2D eigenvalue weighted by Crippen LogP contribution is 2.34. The average Bonchev–Trinajstić information content (AvgIpc) is 3.02. The third kappa shape index (κ3) is 3.69. The second-order valence-corrected chi connectivity index (χ2v) is 7.05. The van der Waals surface area contributed by atoms with Crippen molar-refractivity contribution in [1.29, 1.82) is 0 Å². The summed E-state index contributed by atoms with van der Waals surface area (Å²) in [4.78, 5) is 14.4. The predicted molar refractivity (Wildman–Crippen MR) is 100 cm³/mol. The molecule has 1 amide bonds. The lowest BCUT2D eigenvalue weighted by atomic mass is 9.88. The van der Waals surface area contributed by atoms with E-state index in [-0.39, 0.29) is 12.0 Å². The molecule has 0 spiro atoms. The van der Waals surface area contributed by atoms with Crippen molar-refractivity contribution >= 4 is 22.5 Å². The molecule has 0 bridgehead atoms. The standard InChI is InChI=1S/C21H19F3N2O2/c1-12(27)26-20-11-25-19-7-6-17(10-18(19)20)28-16-5-3-13-8-15(21(22,23)24)4-2-14(13)9-16/h2,4,6-8,10-11,16,25H,3,5,9H2,1H3,(H,26,27). The number of H-pyrrole nitrogens is 1. The minimum Gasteiger partial charge on any atom is -0.490 e. The molecule has 1 atom stereocenters. The second-order valence-electron chi connectivity index (χ2n) is 7.05. The summed E-state index contributed by atoms with van der Waals surface area (Å²) in [6, 6.07) is 9.52. The third-order valence-corrected chi connectivity index (χ3v) is 4.98. The van der Waals surface area contributed by atoms with E-state index in [0.717, 1.165) is 28.1 Å². The summed E-state index contributed by atoms with van der Waals surface area (Å²) < 4.78 is 44.7. The van der Waals surface area contributed by atoms with Gasteiger partial charge >= 0.3 is 6.18 Å². The number of rotatable bonds is 3. The molecule has 3 aromatic rings. The molecule has 2 aromatic carbocycles. The summed E-state index contributed by atoms with van der Waals surface area (Å²) >= 11 is 0. The lowest BCUT2D eigenvalue weighted by Gasteiger charge is -2.26. The minimum atomic E-state index is -4.32. The van der Waals surface area contributed by atoms with Crippen LogP contribution in [0.2, 0.25) is 0 Å². The molecule has 0 fully saturated rings. The lowest BCUT2D eigenvalue weighted by molar-refractivity contribution is -0.137. The first kappa shape index (κ1) is 18.4. The number of ether oxygens (including phenoxy) is 1. The number of aromatic amines is 1. The maximum atomic E-state index is 12.9. The van der Waals surface area contributed by atoms with Crippen molar-refractivity contribution in [2.75, 3.05) is 5.32 Å². The smallest absolute Gasteiger partial charge is 0.416 e. The number of aromatic nitrogens is 1. The molecule has 0 radical (unpaired) electrons. The van der Waals surface area contributed by atoms with Crippen molar-refractivity contribution in [3.8, 4) is 5.75 Å². The van der Waals surface area contributed by atoms with Crippen molar-refractivity contribution in [3.63, 3.8) is 0 Å². The quantitative estimate of drug-likeness (QED) is 0.657. The number of halogens is 3. The Labute approximate surface area is 159 Å². The van der Waals surface area contributed by atoms with Crippen LogP contribution >= 0.6 is 0 Å². The first-order valence-corrected chi connectivity index (χ1v) is 9.04. The van der Waals surface area contributed by atoms with Crippen molar-refractivity contribution in [2.45, 2.75) is 38.5 Å². The molecule has 2 N–H and O–H groups in total. The van der Waals surface area contributed by atoms with Gasteiger partial charge in [-0.3, -0.25) is 4.79 Å². The Morgan fingerprint density at radius 3 is 2.75 bits per heavy atom. The molecule has 0 aliphatic heterocycles. The minimum absolute atomic E-state index is 0.107. The highest BCUT2D eigenvalue weighted by molar-refractivity contribution is 6.01. The normalized spacial score (nSPS) is 16.6. The van der Waals surface area contributed by atoms with Gasteiger partial charge in [0.15, 0.2) is 0 Å². The molecule has 1 unspecified atom stereocenters. The molecule has 4 rings (SSSR count). The van der Waals surface area contributed by atoms with E-state index in [1.165, 1.54) is 13.0 Å². The van der Waals surface area contributed by atoms with E-state index in [1.807, 2.05) is 18.2 Å². The molecule has 7 heteroatoms. The Hall–Kier alpha value is -2.96. The van der Waals surface area contributed by atoms with Crippen LogP contribution in [0, 0.1) is 0 Å². The average molecular weight is 388 g/mol. The molecule has 28 heavy (non-hydrogen) atoms. The fourth-order valence-corrected chi connectivity index (χ4v) is 3.66. The number of aryl methyl sites for hydroxylation is 1.